The normalized spacial score (nSPS) is 13.6. The SMILES string of the molecule is CCN(CC)CC(C)NS(=O)(=O)c1cccc(CN)c1C. The van der Waals surface area contributed by atoms with E-state index in [1.54, 1.807) is 19.1 Å². The molecule has 0 radical (unpaired) electrons. The summed E-state index contributed by atoms with van der Waals surface area (Å²) in [5, 5.41) is 0. The van der Waals surface area contributed by atoms with Gasteiger partial charge in [-0.3, -0.25) is 0 Å². The van der Waals surface area contributed by atoms with Crippen LogP contribution in [0.2, 0.25) is 0 Å². The number of likely N-dealkylation sites (N-methyl/N-ethyl adjacent to an activating group) is 1. The van der Waals surface area contributed by atoms with Crippen molar-refractivity contribution in [3.8, 4) is 0 Å². The van der Waals surface area contributed by atoms with Crippen LogP contribution in [0.15, 0.2) is 23.1 Å². The molecule has 0 bridgehead atoms. The van der Waals surface area contributed by atoms with E-state index < -0.39 is 10.0 Å². The fourth-order valence-electron chi connectivity index (χ4n) is 2.41. The summed E-state index contributed by atoms with van der Waals surface area (Å²) >= 11 is 0. The lowest BCUT2D eigenvalue weighted by molar-refractivity contribution is 0.282. The molecule has 3 N–H and O–H groups in total. The van der Waals surface area contributed by atoms with E-state index >= 15 is 0 Å². The fraction of sp³-hybridized carbons (Fsp3) is 0.600. The average molecular weight is 313 g/mol. The van der Waals surface area contributed by atoms with Crippen LogP contribution in [0.5, 0.6) is 0 Å². The van der Waals surface area contributed by atoms with Crippen molar-refractivity contribution in [2.75, 3.05) is 19.6 Å². The van der Waals surface area contributed by atoms with Gasteiger partial charge in [0.1, 0.15) is 0 Å². The third-order valence-corrected chi connectivity index (χ3v) is 5.42. The molecule has 0 fully saturated rings. The van der Waals surface area contributed by atoms with Gasteiger partial charge in [0.25, 0.3) is 0 Å². The Morgan fingerprint density at radius 2 is 1.90 bits per heavy atom. The second-order valence-electron chi connectivity index (χ2n) is 5.25. The summed E-state index contributed by atoms with van der Waals surface area (Å²) in [6.45, 7) is 10.7. The van der Waals surface area contributed by atoms with E-state index in [-0.39, 0.29) is 6.04 Å². The summed E-state index contributed by atoms with van der Waals surface area (Å²) < 4.78 is 27.8. The lowest BCUT2D eigenvalue weighted by Gasteiger charge is -2.23. The van der Waals surface area contributed by atoms with Gasteiger partial charge in [-0.1, -0.05) is 26.0 Å². The van der Waals surface area contributed by atoms with Crippen molar-refractivity contribution in [2.24, 2.45) is 5.73 Å². The highest BCUT2D eigenvalue weighted by Gasteiger charge is 2.21. The molecule has 5 nitrogen and oxygen atoms in total. The summed E-state index contributed by atoms with van der Waals surface area (Å²) in [5.41, 5.74) is 7.22. The topological polar surface area (TPSA) is 75.4 Å². The van der Waals surface area contributed by atoms with Crippen molar-refractivity contribution < 1.29 is 8.42 Å². The van der Waals surface area contributed by atoms with Gasteiger partial charge in [0.2, 0.25) is 10.0 Å². The molecule has 21 heavy (non-hydrogen) atoms. The lowest BCUT2D eigenvalue weighted by atomic mass is 10.1. The molecule has 6 heteroatoms. The Labute approximate surface area is 128 Å². The van der Waals surface area contributed by atoms with Crippen LogP contribution in [0.25, 0.3) is 0 Å². The first-order valence-corrected chi connectivity index (χ1v) is 8.87. The first-order chi connectivity index (χ1) is 9.85. The first kappa shape index (κ1) is 18.1. The minimum absolute atomic E-state index is 0.143. The monoisotopic (exact) mass is 313 g/mol. The molecule has 1 aromatic carbocycles. The van der Waals surface area contributed by atoms with Crippen molar-refractivity contribution in [3.05, 3.63) is 29.3 Å². The van der Waals surface area contributed by atoms with Crippen molar-refractivity contribution >= 4 is 10.0 Å². The van der Waals surface area contributed by atoms with Crippen LogP contribution in [-0.4, -0.2) is 39.0 Å². The molecule has 0 aliphatic carbocycles. The van der Waals surface area contributed by atoms with Crippen molar-refractivity contribution in [1.29, 1.82) is 0 Å². The van der Waals surface area contributed by atoms with Gasteiger partial charge in [-0.25, -0.2) is 13.1 Å². The van der Waals surface area contributed by atoms with E-state index in [2.05, 4.69) is 23.5 Å². The Hall–Kier alpha value is -0.950. The molecule has 0 aliphatic heterocycles. The fourth-order valence-corrected chi connectivity index (χ4v) is 3.93. The molecule has 0 saturated heterocycles. The number of nitrogens with zero attached hydrogens (tertiary/aromatic N) is 1. The Morgan fingerprint density at radius 1 is 1.29 bits per heavy atom. The molecule has 0 amide bonds. The highest BCUT2D eigenvalue weighted by Crippen LogP contribution is 2.18. The number of rotatable bonds is 8. The summed E-state index contributed by atoms with van der Waals surface area (Å²) in [6.07, 6.45) is 0. The minimum atomic E-state index is -3.52. The Balaban J connectivity index is 2.92. The van der Waals surface area contributed by atoms with Gasteiger partial charge in [-0.05, 0) is 44.1 Å². The van der Waals surface area contributed by atoms with Crippen molar-refractivity contribution in [3.63, 3.8) is 0 Å². The zero-order chi connectivity index (χ0) is 16.0. The summed E-state index contributed by atoms with van der Waals surface area (Å²) in [4.78, 5) is 2.51. The number of hydrogen-bond donors (Lipinski definition) is 2. The Bertz CT molecular complexity index is 554. The zero-order valence-electron chi connectivity index (χ0n) is 13.4. The second kappa shape index (κ2) is 7.89. The van der Waals surface area contributed by atoms with E-state index in [1.807, 2.05) is 13.0 Å². The molecule has 1 aromatic rings. The molecule has 1 unspecified atom stereocenters. The summed E-state index contributed by atoms with van der Waals surface area (Å²) in [7, 11) is -3.52. The van der Waals surface area contributed by atoms with Gasteiger partial charge in [-0.2, -0.15) is 0 Å². The van der Waals surface area contributed by atoms with Crippen LogP contribution in [0.3, 0.4) is 0 Å². The second-order valence-corrected chi connectivity index (χ2v) is 6.93. The predicted molar refractivity (Wildman–Crippen MR) is 86.6 cm³/mol. The molecule has 1 atom stereocenters. The Morgan fingerprint density at radius 3 is 2.43 bits per heavy atom. The molecular weight excluding hydrogens is 286 g/mol. The van der Waals surface area contributed by atoms with Gasteiger partial charge in [0.15, 0.2) is 0 Å². The first-order valence-electron chi connectivity index (χ1n) is 7.38. The number of sulfonamides is 1. The van der Waals surface area contributed by atoms with Gasteiger partial charge in [0.05, 0.1) is 4.90 Å². The van der Waals surface area contributed by atoms with Crippen LogP contribution >= 0.6 is 0 Å². The number of nitrogens with one attached hydrogen (secondary N) is 1. The van der Waals surface area contributed by atoms with Crippen LogP contribution in [0.4, 0.5) is 0 Å². The van der Waals surface area contributed by atoms with Gasteiger partial charge in [0, 0.05) is 19.1 Å². The van der Waals surface area contributed by atoms with Crippen molar-refractivity contribution in [1.82, 2.24) is 9.62 Å². The van der Waals surface area contributed by atoms with Gasteiger partial charge in [-0.15, -0.1) is 0 Å². The van der Waals surface area contributed by atoms with E-state index in [0.29, 0.717) is 18.0 Å². The van der Waals surface area contributed by atoms with E-state index in [1.165, 1.54) is 0 Å². The zero-order valence-corrected chi connectivity index (χ0v) is 14.2. The summed E-state index contributed by atoms with van der Waals surface area (Å²) in [6, 6.07) is 5.07. The smallest absolute Gasteiger partial charge is 0.241 e. The standard InChI is InChI=1S/C15H27N3O2S/c1-5-18(6-2)11-12(3)17-21(19,20)15-9-7-8-14(10-16)13(15)4/h7-9,12,17H,5-6,10-11,16H2,1-4H3. The summed E-state index contributed by atoms with van der Waals surface area (Å²) in [5.74, 6) is 0. The van der Waals surface area contributed by atoms with Crippen LogP contribution in [-0.2, 0) is 16.6 Å². The van der Waals surface area contributed by atoms with Crippen LogP contribution < -0.4 is 10.5 Å². The largest absolute Gasteiger partial charge is 0.326 e. The molecule has 120 valence electrons. The van der Waals surface area contributed by atoms with E-state index in [9.17, 15) is 8.42 Å². The maximum absolute atomic E-state index is 12.5. The number of hydrogen-bond acceptors (Lipinski definition) is 4. The van der Waals surface area contributed by atoms with E-state index in [0.717, 1.165) is 24.2 Å². The molecule has 0 aliphatic rings. The quantitative estimate of drug-likeness (QED) is 0.762. The molecule has 1 rings (SSSR count). The maximum atomic E-state index is 12.5. The van der Waals surface area contributed by atoms with Gasteiger partial charge >= 0.3 is 0 Å². The highest BCUT2D eigenvalue weighted by molar-refractivity contribution is 7.89. The number of benzene rings is 1. The minimum Gasteiger partial charge on any atom is -0.326 e. The highest BCUT2D eigenvalue weighted by atomic mass is 32.2. The molecular formula is C15H27N3O2S. The molecule has 0 spiro atoms. The van der Waals surface area contributed by atoms with Gasteiger partial charge < -0.3 is 10.6 Å². The third-order valence-electron chi connectivity index (χ3n) is 3.69. The third kappa shape index (κ3) is 4.78. The van der Waals surface area contributed by atoms with Crippen LogP contribution in [0.1, 0.15) is 31.9 Å². The van der Waals surface area contributed by atoms with Crippen LogP contribution in [0, 0.1) is 6.92 Å². The average Bonchev–Trinajstić information content (AvgIpc) is 2.44. The van der Waals surface area contributed by atoms with E-state index in [4.69, 9.17) is 5.73 Å². The Kier molecular flexibility index (Phi) is 6.80. The lowest BCUT2D eigenvalue weighted by Crippen LogP contribution is -2.42. The molecule has 0 heterocycles. The van der Waals surface area contributed by atoms with Crippen molar-refractivity contribution in [2.45, 2.75) is 45.2 Å². The molecule has 0 saturated carbocycles. The predicted octanol–water partition coefficient (Wildman–Crippen LogP) is 1.46. The number of nitrogens with two attached hydrogens (primary N) is 1. The maximum Gasteiger partial charge on any atom is 0.241 e. The molecule has 0 aromatic heterocycles.